The first-order valence-corrected chi connectivity index (χ1v) is 6.76. The quantitative estimate of drug-likeness (QED) is 0.640. The molecule has 1 aromatic carbocycles. The fraction of sp³-hybridized carbons (Fsp3) is 0.417. The van der Waals surface area contributed by atoms with Gasteiger partial charge in [0.15, 0.2) is 0 Å². The van der Waals surface area contributed by atoms with E-state index >= 15 is 0 Å². The van der Waals surface area contributed by atoms with Crippen LogP contribution in [0, 0.1) is 16.0 Å². The molecule has 1 aliphatic rings. The number of anilines is 1. The molecule has 0 heterocycles. The Morgan fingerprint density at radius 3 is 2.79 bits per heavy atom. The molecule has 3 N–H and O–H groups in total. The van der Waals surface area contributed by atoms with Crippen molar-refractivity contribution >= 4 is 33.2 Å². The van der Waals surface area contributed by atoms with Gasteiger partial charge in [-0.1, -0.05) is 0 Å². The first-order valence-electron chi connectivity index (χ1n) is 5.96. The van der Waals surface area contributed by atoms with Gasteiger partial charge in [0.05, 0.1) is 9.40 Å². The van der Waals surface area contributed by atoms with Gasteiger partial charge in [-0.05, 0) is 46.8 Å². The zero-order chi connectivity index (χ0) is 14.0. The van der Waals surface area contributed by atoms with Crippen LogP contribution in [0.2, 0.25) is 0 Å². The Bertz CT molecular complexity index is 517. The molecule has 6 nitrogen and oxygen atoms in total. The maximum Gasteiger partial charge on any atom is 0.283 e. The lowest BCUT2D eigenvalue weighted by Gasteiger charge is -2.10. The summed E-state index contributed by atoms with van der Waals surface area (Å²) in [7, 11) is 0. The summed E-state index contributed by atoms with van der Waals surface area (Å²) in [5.74, 6) is 0.300. The predicted molar refractivity (Wildman–Crippen MR) is 74.7 cm³/mol. The third-order valence-corrected chi connectivity index (χ3v) is 3.71. The third-order valence-electron chi connectivity index (χ3n) is 3.08. The summed E-state index contributed by atoms with van der Waals surface area (Å²) in [6.45, 7) is 0. The Labute approximate surface area is 118 Å². The number of rotatable bonds is 5. The SMILES string of the molecule is NC(CC(=O)Nc1ccc([N+](=O)[O-])c(Br)c1)C1CC1. The van der Waals surface area contributed by atoms with E-state index in [1.807, 2.05) is 0 Å². The number of carbonyl (C=O) groups is 1. The van der Waals surface area contributed by atoms with Crippen molar-refractivity contribution in [1.29, 1.82) is 0 Å². The van der Waals surface area contributed by atoms with E-state index in [1.54, 1.807) is 0 Å². The van der Waals surface area contributed by atoms with Gasteiger partial charge in [-0.3, -0.25) is 14.9 Å². The maximum atomic E-state index is 11.7. The fourth-order valence-electron chi connectivity index (χ4n) is 1.85. The maximum absolute atomic E-state index is 11.7. The monoisotopic (exact) mass is 327 g/mol. The molecule has 1 aromatic rings. The molecule has 0 saturated heterocycles. The summed E-state index contributed by atoms with van der Waals surface area (Å²) < 4.78 is 0.335. The minimum Gasteiger partial charge on any atom is -0.327 e. The number of nitrogens with two attached hydrogens (primary N) is 1. The van der Waals surface area contributed by atoms with E-state index in [0.29, 0.717) is 16.1 Å². The van der Waals surface area contributed by atoms with Crippen LogP contribution in [0.15, 0.2) is 22.7 Å². The Hall–Kier alpha value is -1.47. The lowest BCUT2D eigenvalue weighted by atomic mass is 10.1. The van der Waals surface area contributed by atoms with Gasteiger partial charge in [0.2, 0.25) is 5.91 Å². The van der Waals surface area contributed by atoms with Crippen LogP contribution in [0.1, 0.15) is 19.3 Å². The van der Waals surface area contributed by atoms with Gasteiger partial charge in [-0.15, -0.1) is 0 Å². The van der Waals surface area contributed by atoms with E-state index in [-0.39, 0.29) is 24.1 Å². The Morgan fingerprint density at radius 2 is 2.26 bits per heavy atom. The number of nitrogens with zero attached hydrogens (tertiary/aromatic N) is 1. The molecule has 2 rings (SSSR count). The standard InChI is InChI=1S/C12H14BrN3O3/c13-9-5-8(3-4-11(9)16(18)19)15-12(17)6-10(14)7-1-2-7/h3-5,7,10H,1-2,6,14H2,(H,15,17). The number of hydrogen-bond acceptors (Lipinski definition) is 4. The molecule has 102 valence electrons. The van der Waals surface area contributed by atoms with Crippen molar-refractivity contribution in [1.82, 2.24) is 0 Å². The average Bonchev–Trinajstić information content (AvgIpc) is 3.11. The van der Waals surface area contributed by atoms with Crippen molar-refractivity contribution in [2.24, 2.45) is 11.7 Å². The van der Waals surface area contributed by atoms with Crippen LogP contribution in [-0.2, 0) is 4.79 Å². The third kappa shape index (κ3) is 3.74. The Kier molecular flexibility index (Phi) is 4.16. The molecule has 7 heteroatoms. The normalized spacial score (nSPS) is 15.9. The lowest BCUT2D eigenvalue weighted by molar-refractivity contribution is -0.385. The van der Waals surface area contributed by atoms with Crippen LogP contribution < -0.4 is 11.1 Å². The number of benzene rings is 1. The fourth-order valence-corrected chi connectivity index (χ4v) is 2.37. The van der Waals surface area contributed by atoms with Crippen LogP contribution >= 0.6 is 15.9 Å². The molecule has 1 fully saturated rings. The molecule has 0 spiro atoms. The number of hydrogen-bond donors (Lipinski definition) is 2. The number of nitro groups is 1. The summed E-state index contributed by atoms with van der Waals surface area (Å²) >= 11 is 3.10. The molecule has 1 aliphatic carbocycles. The molecule has 1 saturated carbocycles. The van der Waals surface area contributed by atoms with Crippen LogP contribution in [0.4, 0.5) is 11.4 Å². The number of nitro benzene ring substituents is 1. The second-order valence-electron chi connectivity index (χ2n) is 4.68. The molecule has 1 atom stereocenters. The second-order valence-corrected chi connectivity index (χ2v) is 5.53. The summed E-state index contributed by atoms with van der Waals surface area (Å²) in [5.41, 5.74) is 6.35. The average molecular weight is 328 g/mol. The van der Waals surface area contributed by atoms with E-state index < -0.39 is 4.92 Å². The van der Waals surface area contributed by atoms with Gasteiger partial charge in [0.1, 0.15) is 0 Å². The smallest absolute Gasteiger partial charge is 0.283 e. The first kappa shape index (κ1) is 14.0. The summed E-state index contributed by atoms with van der Waals surface area (Å²) in [6, 6.07) is 4.27. The van der Waals surface area contributed by atoms with Gasteiger partial charge in [-0.2, -0.15) is 0 Å². The molecular weight excluding hydrogens is 314 g/mol. The summed E-state index contributed by atoms with van der Waals surface area (Å²) in [4.78, 5) is 21.9. The van der Waals surface area contributed by atoms with Crippen molar-refractivity contribution in [3.63, 3.8) is 0 Å². The highest BCUT2D eigenvalue weighted by Gasteiger charge is 2.29. The van der Waals surface area contributed by atoms with E-state index in [0.717, 1.165) is 12.8 Å². The lowest BCUT2D eigenvalue weighted by Crippen LogP contribution is -2.28. The molecule has 0 aliphatic heterocycles. The molecular formula is C12H14BrN3O3. The van der Waals surface area contributed by atoms with Crippen LogP contribution in [0.3, 0.4) is 0 Å². The van der Waals surface area contributed by atoms with Crippen molar-refractivity contribution in [2.75, 3.05) is 5.32 Å². The van der Waals surface area contributed by atoms with Gasteiger partial charge in [0.25, 0.3) is 5.69 Å². The molecule has 1 amide bonds. The molecule has 0 radical (unpaired) electrons. The highest BCUT2D eigenvalue weighted by molar-refractivity contribution is 9.10. The van der Waals surface area contributed by atoms with Crippen LogP contribution in [0.25, 0.3) is 0 Å². The molecule has 19 heavy (non-hydrogen) atoms. The second kappa shape index (κ2) is 5.66. The minimum absolute atomic E-state index is 0.0346. The van der Waals surface area contributed by atoms with Gasteiger partial charge < -0.3 is 11.1 Å². The van der Waals surface area contributed by atoms with E-state index in [4.69, 9.17) is 5.73 Å². The molecule has 0 aromatic heterocycles. The van der Waals surface area contributed by atoms with E-state index in [1.165, 1.54) is 18.2 Å². The largest absolute Gasteiger partial charge is 0.327 e. The van der Waals surface area contributed by atoms with Gasteiger partial charge in [0, 0.05) is 24.2 Å². The topological polar surface area (TPSA) is 98.3 Å². The predicted octanol–water partition coefficient (Wildman–Crippen LogP) is 2.42. The summed E-state index contributed by atoms with van der Waals surface area (Å²) in [5, 5.41) is 13.3. The summed E-state index contributed by atoms with van der Waals surface area (Å²) in [6.07, 6.45) is 2.47. The van der Waals surface area contributed by atoms with Crippen LogP contribution in [0.5, 0.6) is 0 Å². The minimum atomic E-state index is -0.487. The van der Waals surface area contributed by atoms with Gasteiger partial charge in [-0.25, -0.2) is 0 Å². The van der Waals surface area contributed by atoms with Crippen molar-refractivity contribution in [3.05, 3.63) is 32.8 Å². The van der Waals surface area contributed by atoms with E-state index in [9.17, 15) is 14.9 Å². The van der Waals surface area contributed by atoms with Crippen molar-refractivity contribution in [3.8, 4) is 0 Å². The zero-order valence-electron chi connectivity index (χ0n) is 10.1. The van der Waals surface area contributed by atoms with E-state index in [2.05, 4.69) is 21.2 Å². The molecule has 1 unspecified atom stereocenters. The molecule has 0 bridgehead atoms. The van der Waals surface area contributed by atoms with Gasteiger partial charge >= 0.3 is 0 Å². The zero-order valence-corrected chi connectivity index (χ0v) is 11.7. The van der Waals surface area contributed by atoms with Crippen molar-refractivity contribution in [2.45, 2.75) is 25.3 Å². The highest BCUT2D eigenvalue weighted by Crippen LogP contribution is 2.33. The number of carbonyl (C=O) groups excluding carboxylic acids is 1. The first-order chi connectivity index (χ1) is 8.97. The number of amides is 1. The number of nitrogens with one attached hydrogen (secondary N) is 1. The Balaban J connectivity index is 1.96. The Morgan fingerprint density at radius 1 is 1.58 bits per heavy atom. The highest BCUT2D eigenvalue weighted by atomic mass is 79.9. The number of halogens is 1. The van der Waals surface area contributed by atoms with Crippen molar-refractivity contribution < 1.29 is 9.72 Å². The van der Waals surface area contributed by atoms with Crippen LogP contribution in [-0.4, -0.2) is 16.9 Å².